The van der Waals surface area contributed by atoms with Gasteiger partial charge in [0.2, 0.25) is 5.91 Å². The maximum atomic E-state index is 13.1. The van der Waals surface area contributed by atoms with Gasteiger partial charge in [0.15, 0.2) is 0 Å². The van der Waals surface area contributed by atoms with E-state index in [0.717, 1.165) is 12.0 Å². The number of pyridine rings is 1. The highest BCUT2D eigenvalue weighted by molar-refractivity contribution is 6.00. The lowest BCUT2D eigenvalue weighted by Crippen LogP contribution is -2.46. The number of carbonyl (C=O) groups is 2. The van der Waals surface area contributed by atoms with Gasteiger partial charge in [0.05, 0.1) is 18.2 Å². The Bertz CT molecular complexity index is 794. The molecule has 0 radical (unpaired) electrons. The molecule has 2 unspecified atom stereocenters. The average Bonchev–Trinajstić information content (AvgIpc) is 3.19. The first-order valence-corrected chi connectivity index (χ1v) is 9.35. The third-order valence-corrected chi connectivity index (χ3v) is 4.78. The van der Waals surface area contributed by atoms with Crippen molar-refractivity contribution < 1.29 is 14.3 Å². The molecular weight excluding hydrogens is 342 g/mol. The fourth-order valence-electron chi connectivity index (χ4n) is 3.39. The summed E-state index contributed by atoms with van der Waals surface area (Å²) < 4.78 is 5.58. The number of hydrogen-bond donors (Lipinski definition) is 1. The Kier molecular flexibility index (Phi) is 6.06. The Hall–Kier alpha value is -2.89. The topological polar surface area (TPSA) is 71.5 Å². The van der Waals surface area contributed by atoms with Crippen LogP contribution in [0.15, 0.2) is 48.8 Å². The van der Waals surface area contributed by atoms with E-state index in [1.54, 1.807) is 29.4 Å². The van der Waals surface area contributed by atoms with Crippen LogP contribution in [0.25, 0.3) is 0 Å². The molecule has 6 heteroatoms. The van der Waals surface area contributed by atoms with Crippen LogP contribution in [0.4, 0.5) is 0 Å². The summed E-state index contributed by atoms with van der Waals surface area (Å²) in [4.78, 5) is 31.6. The second-order valence-electron chi connectivity index (χ2n) is 6.60. The van der Waals surface area contributed by atoms with Crippen LogP contribution in [0.1, 0.15) is 48.7 Å². The van der Waals surface area contributed by atoms with Crippen LogP contribution < -0.4 is 10.1 Å². The van der Waals surface area contributed by atoms with Crippen molar-refractivity contribution in [1.82, 2.24) is 15.2 Å². The first-order valence-electron chi connectivity index (χ1n) is 9.35. The lowest BCUT2D eigenvalue weighted by atomic mass is 10.1. The SMILES string of the molecule is CCOc1ccccc1C(=O)N1CCCC1C(=O)NC(C)c1cccnc1. The maximum Gasteiger partial charge on any atom is 0.258 e. The van der Waals surface area contributed by atoms with Gasteiger partial charge in [0, 0.05) is 18.9 Å². The standard InChI is InChI=1S/C21H25N3O3/c1-3-27-19-11-5-4-9-17(19)21(26)24-13-7-10-18(24)20(25)23-15(2)16-8-6-12-22-14-16/h4-6,8-9,11-12,14-15,18H,3,7,10,13H2,1-2H3,(H,23,25). The molecule has 1 aromatic heterocycles. The predicted octanol–water partition coefficient (Wildman–Crippen LogP) is 2.96. The lowest BCUT2D eigenvalue weighted by molar-refractivity contribution is -0.125. The van der Waals surface area contributed by atoms with Crippen LogP contribution in [0.3, 0.4) is 0 Å². The van der Waals surface area contributed by atoms with Crippen molar-refractivity contribution in [1.29, 1.82) is 0 Å². The molecule has 142 valence electrons. The van der Waals surface area contributed by atoms with Crippen molar-refractivity contribution in [2.75, 3.05) is 13.2 Å². The predicted molar refractivity (Wildman–Crippen MR) is 102 cm³/mol. The molecule has 1 aliphatic rings. The van der Waals surface area contributed by atoms with Gasteiger partial charge < -0.3 is 15.0 Å². The molecule has 3 rings (SSSR count). The molecule has 0 spiro atoms. The van der Waals surface area contributed by atoms with E-state index in [4.69, 9.17) is 4.74 Å². The zero-order valence-corrected chi connectivity index (χ0v) is 15.7. The number of carbonyl (C=O) groups excluding carboxylic acids is 2. The number of aromatic nitrogens is 1. The van der Waals surface area contributed by atoms with Crippen LogP contribution >= 0.6 is 0 Å². The number of nitrogens with zero attached hydrogens (tertiary/aromatic N) is 2. The summed E-state index contributed by atoms with van der Waals surface area (Å²) in [7, 11) is 0. The van der Waals surface area contributed by atoms with Gasteiger partial charge in [-0.25, -0.2) is 0 Å². The third kappa shape index (κ3) is 4.27. The Labute approximate surface area is 159 Å². The Morgan fingerprint density at radius 2 is 2.11 bits per heavy atom. The summed E-state index contributed by atoms with van der Waals surface area (Å²) in [5.74, 6) is 0.261. The molecule has 27 heavy (non-hydrogen) atoms. The average molecular weight is 367 g/mol. The summed E-state index contributed by atoms with van der Waals surface area (Å²) in [5, 5.41) is 3.01. The highest BCUT2D eigenvalue weighted by Crippen LogP contribution is 2.26. The Morgan fingerprint density at radius 1 is 1.30 bits per heavy atom. The molecule has 0 aliphatic carbocycles. The number of likely N-dealkylation sites (tertiary alicyclic amines) is 1. The van der Waals surface area contributed by atoms with Gasteiger partial charge in [0.25, 0.3) is 5.91 Å². The third-order valence-electron chi connectivity index (χ3n) is 4.78. The lowest BCUT2D eigenvalue weighted by Gasteiger charge is -2.26. The molecular formula is C21H25N3O3. The van der Waals surface area contributed by atoms with Crippen molar-refractivity contribution in [2.45, 2.75) is 38.8 Å². The number of amides is 2. The van der Waals surface area contributed by atoms with Crippen LogP contribution in [0, 0.1) is 0 Å². The molecule has 2 heterocycles. The van der Waals surface area contributed by atoms with E-state index in [9.17, 15) is 9.59 Å². The summed E-state index contributed by atoms with van der Waals surface area (Å²) in [6.07, 6.45) is 4.90. The van der Waals surface area contributed by atoms with Crippen molar-refractivity contribution in [2.24, 2.45) is 0 Å². The van der Waals surface area contributed by atoms with Crippen molar-refractivity contribution >= 4 is 11.8 Å². The molecule has 1 N–H and O–H groups in total. The zero-order valence-electron chi connectivity index (χ0n) is 15.7. The molecule has 1 aromatic carbocycles. The minimum Gasteiger partial charge on any atom is -0.493 e. The molecule has 2 atom stereocenters. The smallest absolute Gasteiger partial charge is 0.258 e. The fraction of sp³-hybridized carbons (Fsp3) is 0.381. The van der Waals surface area contributed by atoms with E-state index in [0.29, 0.717) is 30.9 Å². The van der Waals surface area contributed by atoms with Crippen LogP contribution in [-0.2, 0) is 4.79 Å². The summed E-state index contributed by atoms with van der Waals surface area (Å²) in [6, 6.07) is 10.3. The minimum atomic E-state index is -0.466. The molecule has 0 bridgehead atoms. The van der Waals surface area contributed by atoms with E-state index in [1.807, 2.05) is 38.1 Å². The van der Waals surface area contributed by atoms with E-state index in [2.05, 4.69) is 10.3 Å². The molecule has 2 aromatic rings. The van der Waals surface area contributed by atoms with Crippen LogP contribution in [-0.4, -0.2) is 40.9 Å². The molecule has 1 fully saturated rings. The fourth-order valence-corrected chi connectivity index (χ4v) is 3.39. The van der Waals surface area contributed by atoms with Gasteiger partial charge in [-0.3, -0.25) is 14.6 Å². The van der Waals surface area contributed by atoms with Crippen molar-refractivity contribution in [3.63, 3.8) is 0 Å². The molecule has 2 amide bonds. The van der Waals surface area contributed by atoms with Gasteiger partial charge in [-0.1, -0.05) is 18.2 Å². The second kappa shape index (κ2) is 8.66. The van der Waals surface area contributed by atoms with Crippen LogP contribution in [0.2, 0.25) is 0 Å². The van der Waals surface area contributed by atoms with Gasteiger partial charge in [-0.2, -0.15) is 0 Å². The van der Waals surface area contributed by atoms with E-state index in [-0.39, 0.29) is 17.9 Å². The summed E-state index contributed by atoms with van der Waals surface area (Å²) in [6.45, 7) is 4.85. The van der Waals surface area contributed by atoms with Gasteiger partial charge >= 0.3 is 0 Å². The van der Waals surface area contributed by atoms with Crippen molar-refractivity contribution in [3.05, 3.63) is 59.9 Å². The number of hydrogen-bond acceptors (Lipinski definition) is 4. The monoisotopic (exact) mass is 367 g/mol. The largest absolute Gasteiger partial charge is 0.493 e. The molecule has 1 saturated heterocycles. The molecule has 1 aliphatic heterocycles. The first-order chi connectivity index (χ1) is 13.1. The Balaban J connectivity index is 1.73. The van der Waals surface area contributed by atoms with Crippen molar-refractivity contribution in [3.8, 4) is 5.75 Å². The highest BCUT2D eigenvalue weighted by Gasteiger charge is 2.35. The van der Waals surface area contributed by atoms with Gasteiger partial charge in [-0.05, 0) is 50.5 Å². The number of nitrogens with one attached hydrogen (secondary N) is 1. The van der Waals surface area contributed by atoms with E-state index < -0.39 is 6.04 Å². The zero-order chi connectivity index (χ0) is 19.2. The minimum absolute atomic E-state index is 0.133. The summed E-state index contributed by atoms with van der Waals surface area (Å²) >= 11 is 0. The number of para-hydroxylation sites is 1. The van der Waals surface area contributed by atoms with Gasteiger partial charge in [-0.15, -0.1) is 0 Å². The van der Waals surface area contributed by atoms with Crippen LogP contribution in [0.5, 0.6) is 5.75 Å². The maximum absolute atomic E-state index is 13.1. The van der Waals surface area contributed by atoms with E-state index >= 15 is 0 Å². The molecule has 0 saturated carbocycles. The normalized spacial score (nSPS) is 17.4. The summed E-state index contributed by atoms with van der Waals surface area (Å²) in [5.41, 5.74) is 1.43. The number of benzene rings is 1. The number of rotatable bonds is 6. The quantitative estimate of drug-likeness (QED) is 0.852. The van der Waals surface area contributed by atoms with E-state index in [1.165, 1.54) is 0 Å². The van der Waals surface area contributed by atoms with Gasteiger partial charge in [0.1, 0.15) is 11.8 Å². The molecule has 6 nitrogen and oxygen atoms in total. The second-order valence-corrected chi connectivity index (χ2v) is 6.60. The first kappa shape index (κ1) is 18.9. The number of ether oxygens (including phenoxy) is 1. The highest BCUT2D eigenvalue weighted by atomic mass is 16.5. The Morgan fingerprint density at radius 3 is 2.85 bits per heavy atom.